The van der Waals surface area contributed by atoms with Gasteiger partial charge in [-0.15, -0.1) is 22.7 Å². The number of aliphatic carboxylic acids is 1. The van der Waals surface area contributed by atoms with Gasteiger partial charge in [-0.3, -0.25) is 9.78 Å². The number of hydrogen-bond donors (Lipinski definition) is 2. The zero-order valence-electron chi connectivity index (χ0n) is 9.70. The van der Waals surface area contributed by atoms with Gasteiger partial charge in [-0.05, 0) is 12.1 Å². The Labute approximate surface area is 117 Å². The maximum absolute atomic E-state index is 11.8. The fourth-order valence-electron chi connectivity index (χ4n) is 1.31. The van der Waals surface area contributed by atoms with E-state index in [0.717, 1.165) is 15.8 Å². The van der Waals surface area contributed by atoms with E-state index in [9.17, 15) is 9.59 Å². The van der Waals surface area contributed by atoms with E-state index in [2.05, 4.69) is 10.3 Å². The van der Waals surface area contributed by atoms with Gasteiger partial charge in [0.1, 0.15) is 0 Å². The van der Waals surface area contributed by atoms with E-state index in [1.54, 1.807) is 23.2 Å². The number of carboxylic acids is 1. The van der Waals surface area contributed by atoms with Crippen LogP contribution >= 0.6 is 22.7 Å². The lowest BCUT2D eigenvalue weighted by Crippen LogP contribution is -2.21. The summed E-state index contributed by atoms with van der Waals surface area (Å²) in [7, 11) is 0. The first-order valence-corrected chi connectivity index (χ1v) is 7.06. The molecule has 0 bridgehead atoms. The van der Waals surface area contributed by atoms with E-state index in [4.69, 9.17) is 5.11 Å². The predicted octanol–water partition coefficient (Wildman–Crippen LogP) is 2.23. The van der Waals surface area contributed by atoms with Crippen LogP contribution in [0.3, 0.4) is 0 Å². The van der Waals surface area contributed by atoms with Crippen LogP contribution in [0.5, 0.6) is 0 Å². The van der Waals surface area contributed by atoms with Gasteiger partial charge in [0.15, 0.2) is 0 Å². The van der Waals surface area contributed by atoms with Crippen LogP contribution in [0.4, 0.5) is 0 Å². The van der Waals surface area contributed by atoms with Gasteiger partial charge < -0.3 is 10.4 Å². The SMILES string of the molecule is O=C(O)/C=C/c1cc(C(=O)NCc2cncs2)cs1. The normalized spacial score (nSPS) is 10.7. The van der Waals surface area contributed by atoms with Gasteiger partial charge in [-0.1, -0.05) is 0 Å². The number of carbonyl (C=O) groups is 2. The fraction of sp³-hybridized carbons (Fsp3) is 0.0833. The van der Waals surface area contributed by atoms with Crippen molar-refractivity contribution in [1.82, 2.24) is 10.3 Å². The van der Waals surface area contributed by atoms with Gasteiger partial charge in [-0.2, -0.15) is 0 Å². The van der Waals surface area contributed by atoms with Crippen LogP contribution in [-0.2, 0) is 11.3 Å². The summed E-state index contributed by atoms with van der Waals surface area (Å²) < 4.78 is 0. The molecule has 0 aliphatic carbocycles. The molecule has 0 aliphatic heterocycles. The first kappa shape index (κ1) is 13.4. The van der Waals surface area contributed by atoms with Gasteiger partial charge in [0.2, 0.25) is 0 Å². The van der Waals surface area contributed by atoms with Crippen LogP contribution in [0.1, 0.15) is 20.1 Å². The highest BCUT2D eigenvalue weighted by Crippen LogP contribution is 2.16. The van der Waals surface area contributed by atoms with Crippen molar-refractivity contribution in [3.05, 3.63) is 44.5 Å². The van der Waals surface area contributed by atoms with Crippen LogP contribution in [0, 0.1) is 0 Å². The summed E-state index contributed by atoms with van der Waals surface area (Å²) in [5.74, 6) is -1.19. The number of nitrogens with one attached hydrogen (secondary N) is 1. The molecule has 0 saturated heterocycles. The molecular weight excluding hydrogens is 284 g/mol. The molecule has 7 heteroatoms. The van der Waals surface area contributed by atoms with Gasteiger partial charge in [0.05, 0.1) is 17.6 Å². The number of amides is 1. The third-order valence-corrected chi connectivity index (χ3v) is 3.86. The zero-order chi connectivity index (χ0) is 13.7. The summed E-state index contributed by atoms with van der Waals surface area (Å²) in [6, 6.07) is 1.66. The Morgan fingerprint density at radius 3 is 2.95 bits per heavy atom. The summed E-state index contributed by atoms with van der Waals surface area (Å²) in [4.78, 5) is 27.8. The molecule has 0 aliphatic rings. The molecule has 98 valence electrons. The van der Waals surface area contributed by atoms with E-state index in [0.29, 0.717) is 12.1 Å². The lowest BCUT2D eigenvalue weighted by Gasteiger charge is -2.00. The standard InChI is InChI=1S/C12H10N2O3S2/c15-11(16)2-1-9-3-8(6-18-9)12(17)14-5-10-4-13-7-19-10/h1-4,6-7H,5H2,(H,14,17)(H,15,16)/b2-1+. The average Bonchev–Trinajstić information content (AvgIpc) is 3.04. The molecule has 0 fully saturated rings. The van der Waals surface area contributed by atoms with E-state index in [-0.39, 0.29) is 5.91 Å². The molecule has 0 saturated carbocycles. The second kappa shape index (κ2) is 6.26. The number of nitrogens with zero attached hydrogens (tertiary/aromatic N) is 1. The monoisotopic (exact) mass is 294 g/mol. The minimum absolute atomic E-state index is 0.181. The summed E-state index contributed by atoms with van der Waals surface area (Å²) >= 11 is 2.80. The summed E-state index contributed by atoms with van der Waals surface area (Å²) in [6.07, 6.45) is 4.22. The molecule has 1 amide bonds. The van der Waals surface area contributed by atoms with Crippen molar-refractivity contribution in [2.75, 3.05) is 0 Å². The number of carboxylic acid groups (broad SMARTS) is 1. The number of carbonyl (C=O) groups excluding carboxylic acids is 1. The number of hydrogen-bond acceptors (Lipinski definition) is 5. The minimum atomic E-state index is -1.01. The molecule has 2 aromatic rings. The van der Waals surface area contributed by atoms with Crippen molar-refractivity contribution in [3.8, 4) is 0 Å². The average molecular weight is 294 g/mol. The van der Waals surface area contributed by atoms with Crippen molar-refractivity contribution in [2.45, 2.75) is 6.54 Å². The topological polar surface area (TPSA) is 79.3 Å². The smallest absolute Gasteiger partial charge is 0.328 e. The number of rotatable bonds is 5. The maximum atomic E-state index is 11.8. The van der Waals surface area contributed by atoms with Gasteiger partial charge >= 0.3 is 5.97 Å². The van der Waals surface area contributed by atoms with Gasteiger partial charge in [0, 0.05) is 27.4 Å². The van der Waals surface area contributed by atoms with Crippen molar-refractivity contribution >= 4 is 40.6 Å². The Hall–Kier alpha value is -1.99. The predicted molar refractivity (Wildman–Crippen MR) is 74.3 cm³/mol. The lowest BCUT2D eigenvalue weighted by atomic mass is 10.3. The van der Waals surface area contributed by atoms with Crippen LogP contribution in [0.15, 0.2) is 29.2 Å². The third kappa shape index (κ3) is 4.01. The molecule has 5 nitrogen and oxygen atoms in total. The zero-order valence-corrected chi connectivity index (χ0v) is 11.3. The Kier molecular flexibility index (Phi) is 4.43. The molecule has 19 heavy (non-hydrogen) atoms. The molecule has 0 spiro atoms. The van der Waals surface area contributed by atoms with E-state index in [1.807, 2.05) is 0 Å². The molecule has 0 atom stereocenters. The highest BCUT2D eigenvalue weighted by molar-refractivity contribution is 7.11. The fourth-order valence-corrected chi connectivity index (χ4v) is 2.63. The minimum Gasteiger partial charge on any atom is -0.478 e. The van der Waals surface area contributed by atoms with Gasteiger partial charge in [0.25, 0.3) is 5.91 Å². The molecular formula is C12H10N2O3S2. The van der Waals surface area contributed by atoms with Crippen molar-refractivity contribution in [3.63, 3.8) is 0 Å². The van der Waals surface area contributed by atoms with Crippen molar-refractivity contribution in [2.24, 2.45) is 0 Å². The molecule has 2 rings (SSSR count). The number of thiazole rings is 1. The van der Waals surface area contributed by atoms with Crippen LogP contribution in [0.2, 0.25) is 0 Å². The maximum Gasteiger partial charge on any atom is 0.328 e. The summed E-state index contributed by atoms with van der Waals surface area (Å²) in [6.45, 7) is 0.444. The second-order valence-corrected chi connectivity index (χ2v) is 5.47. The molecule has 0 radical (unpaired) electrons. The molecule has 0 unspecified atom stereocenters. The Morgan fingerprint density at radius 1 is 1.42 bits per heavy atom. The Bertz CT molecular complexity index is 602. The summed E-state index contributed by atoms with van der Waals surface area (Å²) in [5, 5.41) is 13.0. The van der Waals surface area contributed by atoms with Gasteiger partial charge in [-0.25, -0.2) is 4.79 Å². The van der Waals surface area contributed by atoms with Crippen LogP contribution in [0.25, 0.3) is 6.08 Å². The number of aromatic nitrogens is 1. The van der Waals surface area contributed by atoms with Crippen LogP contribution < -0.4 is 5.32 Å². The molecule has 2 N–H and O–H groups in total. The quantitative estimate of drug-likeness (QED) is 0.829. The lowest BCUT2D eigenvalue weighted by molar-refractivity contribution is -0.131. The Balaban J connectivity index is 1.94. The molecule has 2 heterocycles. The first-order valence-electron chi connectivity index (χ1n) is 5.30. The Morgan fingerprint density at radius 2 is 2.26 bits per heavy atom. The van der Waals surface area contributed by atoms with E-state index < -0.39 is 5.97 Å². The number of thiophene rings is 1. The molecule has 0 aromatic carbocycles. The largest absolute Gasteiger partial charge is 0.478 e. The third-order valence-electron chi connectivity index (χ3n) is 2.18. The van der Waals surface area contributed by atoms with Crippen molar-refractivity contribution in [1.29, 1.82) is 0 Å². The first-order chi connectivity index (χ1) is 9.15. The summed E-state index contributed by atoms with van der Waals surface area (Å²) in [5.41, 5.74) is 2.24. The second-order valence-electron chi connectivity index (χ2n) is 3.56. The highest BCUT2D eigenvalue weighted by atomic mass is 32.1. The highest BCUT2D eigenvalue weighted by Gasteiger charge is 2.08. The van der Waals surface area contributed by atoms with E-state index in [1.165, 1.54) is 28.7 Å². The van der Waals surface area contributed by atoms with E-state index >= 15 is 0 Å². The molecule has 2 aromatic heterocycles. The van der Waals surface area contributed by atoms with Crippen LogP contribution in [-0.4, -0.2) is 22.0 Å². The van der Waals surface area contributed by atoms with Crippen molar-refractivity contribution < 1.29 is 14.7 Å².